The van der Waals surface area contributed by atoms with Crippen molar-refractivity contribution < 1.29 is 34.4 Å². The summed E-state index contributed by atoms with van der Waals surface area (Å²) in [7, 11) is 0. The van der Waals surface area contributed by atoms with E-state index in [9.17, 15) is 24.9 Å². The summed E-state index contributed by atoms with van der Waals surface area (Å²) in [5.41, 5.74) is -7.00. The number of ketones is 1. The lowest BCUT2D eigenvalue weighted by Crippen LogP contribution is -2.86. The summed E-state index contributed by atoms with van der Waals surface area (Å²) in [6.07, 6.45) is -1.29. The summed E-state index contributed by atoms with van der Waals surface area (Å²) in [4.78, 5) is 25.5. The summed E-state index contributed by atoms with van der Waals surface area (Å²) < 4.78 is 11.8. The summed E-state index contributed by atoms with van der Waals surface area (Å²) in [6.45, 7) is 13.6. The fourth-order valence-corrected chi connectivity index (χ4v) is 6.66. The van der Waals surface area contributed by atoms with Crippen molar-refractivity contribution in [1.82, 2.24) is 0 Å². The van der Waals surface area contributed by atoms with Gasteiger partial charge in [-0.15, -0.1) is 6.58 Å². The van der Waals surface area contributed by atoms with Crippen LogP contribution in [0.5, 0.6) is 0 Å². The van der Waals surface area contributed by atoms with Crippen LogP contribution >= 0.6 is 0 Å². The molecule has 29 heavy (non-hydrogen) atoms. The molecule has 1 heterocycles. The molecule has 0 spiro atoms. The van der Waals surface area contributed by atoms with E-state index in [-0.39, 0.29) is 6.42 Å². The van der Waals surface area contributed by atoms with Crippen LogP contribution in [0, 0.1) is 16.7 Å². The first-order chi connectivity index (χ1) is 13.1. The lowest BCUT2D eigenvalue weighted by atomic mass is 9.40. The Morgan fingerprint density at radius 2 is 1.83 bits per heavy atom. The zero-order valence-corrected chi connectivity index (χ0v) is 18.2. The van der Waals surface area contributed by atoms with Gasteiger partial charge in [0, 0.05) is 24.7 Å². The second-order valence-electron chi connectivity index (χ2n) is 10.4. The Hall–Kier alpha value is -1.28. The molecular weight excluding hydrogens is 376 g/mol. The summed E-state index contributed by atoms with van der Waals surface area (Å²) in [5, 5.41) is 34.7. The van der Waals surface area contributed by atoms with Crippen LogP contribution in [-0.2, 0) is 19.1 Å². The molecule has 0 aromatic heterocycles. The van der Waals surface area contributed by atoms with E-state index >= 15 is 0 Å². The average molecular weight is 411 g/mol. The van der Waals surface area contributed by atoms with Crippen LogP contribution in [0.1, 0.15) is 60.8 Å². The van der Waals surface area contributed by atoms with E-state index in [0.29, 0.717) is 12.8 Å². The third-order valence-electron chi connectivity index (χ3n) is 8.02. The van der Waals surface area contributed by atoms with Crippen LogP contribution in [0.25, 0.3) is 0 Å². The second-order valence-corrected chi connectivity index (χ2v) is 10.4. The highest BCUT2D eigenvalue weighted by Crippen LogP contribution is 2.66. The van der Waals surface area contributed by atoms with Crippen molar-refractivity contribution in [3.8, 4) is 0 Å². The Kier molecular flexibility index (Phi) is 4.91. The summed E-state index contributed by atoms with van der Waals surface area (Å²) in [6, 6.07) is 0. The number of hydrogen-bond donors (Lipinski definition) is 3. The standard InChI is InChI=1S/C22H34O7/c1-8-19(5)11-14(25)22(27)20(6)13(24)9-10-18(3,4)16(20)15(26)17(28-12(2)23)21(22,7)29-19/h8,13,15-17,24,26-27H,1,9-11H2,2-7H3/t13-,15+,16+,17-,19-,20-,21+,22-/m0/s1. The van der Waals surface area contributed by atoms with Gasteiger partial charge >= 0.3 is 5.97 Å². The fraction of sp³-hybridized carbons (Fsp3) is 0.818. The Labute approximate surface area is 172 Å². The van der Waals surface area contributed by atoms with Crippen molar-refractivity contribution in [1.29, 1.82) is 0 Å². The van der Waals surface area contributed by atoms with Gasteiger partial charge in [0.15, 0.2) is 17.5 Å². The highest BCUT2D eigenvalue weighted by atomic mass is 16.6. The number of hydrogen-bond acceptors (Lipinski definition) is 7. The Morgan fingerprint density at radius 1 is 1.24 bits per heavy atom. The van der Waals surface area contributed by atoms with Crippen LogP contribution in [-0.4, -0.2) is 62.2 Å². The maximum Gasteiger partial charge on any atom is 0.303 e. The molecule has 3 fully saturated rings. The maximum atomic E-state index is 13.6. The molecule has 0 aromatic carbocycles. The zero-order valence-electron chi connectivity index (χ0n) is 18.2. The van der Waals surface area contributed by atoms with Gasteiger partial charge in [-0.2, -0.15) is 0 Å². The average Bonchev–Trinajstić information content (AvgIpc) is 2.59. The molecule has 164 valence electrons. The topological polar surface area (TPSA) is 113 Å². The van der Waals surface area contributed by atoms with Crippen molar-refractivity contribution in [3.05, 3.63) is 12.7 Å². The third-order valence-corrected chi connectivity index (χ3v) is 8.02. The fourth-order valence-electron chi connectivity index (χ4n) is 6.66. The highest BCUT2D eigenvalue weighted by molar-refractivity contribution is 5.92. The van der Waals surface area contributed by atoms with Crippen LogP contribution in [0.15, 0.2) is 12.7 Å². The van der Waals surface area contributed by atoms with Crippen LogP contribution in [0.4, 0.5) is 0 Å². The number of ether oxygens (including phenoxy) is 2. The number of Topliss-reactive ketones (excluding diaryl/α,β-unsaturated/α-hetero) is 1. The molecule has 0 unspecified atom stereocenters. The first kappa shape index (κ1) is 22.4. The first-order valence-electron chi connectivity index (χ1n) is 10.2. The molecule has 0 bridgehead atoms. The number of fused-ring (bicyclic) bond motifs is 3. The molecule has 3 N–H and O–H groups in total. The Morgan fingerprint density at radius 3 is 2.34 bits per heavy atom. The minimum atomic E-state index is -2.18. The van der Waals surface area contributed by atoms with Crippen LogP contribution in [0.3, 0.4) is 0 Å². The monoisotopic (exact) mass is 410 g/mol. The third kappa shape index (κ3) is 2.63. The van der Waals surface area contributed by atoms with E-state index < -0.39 is 63.6 Å². The normalized spacial score (nSPS) is 51.6. The van der Waals surface area contributed by atoms with Crippen molar-refractivity contribution in [2.75, 3.05) is 0 Å². The van der Waals surface area contributed by atoms with E-state index in [1.165, 1.54) is 19.9 Å². The lowest BCUT2D eigenvalue weighted by molar-refractivity contribution is -0.370. The molecule has 3 rings (SSSR count). The molecular formula is C22H34O7. The number of esters is 1. The van der Waals surface area contributed by atoms with Crippen molar-refractivity contribution in [3.63, 3.8) is 0 Å². The molecule has 8 atom stereocenters. The predicted octanol–water partition coefficient (Wildman–Crippen LogP) is 1.52. The van der Waals surface area contributed by atoms with Crippen molar-refractivity contribution >= 4 is 11.8 Å². The minimum absolute atomic E-state index is 0.138. The van der Waals surface area contributed by atoms with E-state index in [1.807, 2.05) is 13.8 Å². The van der Waals surface area contributed by atoms with Gasteiger partial charge in [0.1, 0.15) is 5.60 Å². The molecule has 1 aliphatic heterocycles. The zero-order chi connectivity index (χ0) is 22.2. The number of carbonyl (C=O) groups is 2. The Balaban J connectivity index is 2.33. The van der Waals surface area contributed by atoms with Crippen LogP contribution < -0.4 is 0 Å². The SMILES string of the molecule is C=C[C@@]1(C)CC(=O)[C@]2(O)[C@]3(C)[C@H]([C@@H](O)[C@H](OC(C)=O)[C@@]2(C)O1)C(C)(C)CC[C@@H]3O. The number of carbonyl (C=O) groups excluding carboxylic acids is 2. The van der Waals surface area contributed by atoms with Gasteiger partial charge in [-0.3, -0.25) is 9.59 Å². The minimum Gasteiger partial charge on any atom is -0.457 e. The smallest absolute Gasteiger partial charge is 0.303 e. The number of aliphatic hydroxyl groups is 3. The molecule has 0 aromatic rings. The van der Waals surface area contributed by atoms with E-state index in [1.54, 1.807) is 13.8 Å². The molecule has 7 nitrogen and oxygen atoms in total. The molecule has 3 aliphatic rings. The van der Waals surface area contributed by atoms with Crippen molar-refractivity contribution in [2.24, 2.45) is 16.7 Å². The lowest BCUT2D eigenvalue weighted by Gasteiger charge is -2.71. The van der Waals surface area contributed by atoms with Gasteiger partial charge in [0.25, 0.3) is 0 Å². The molecule has 2 aliphatic carbocycles. The summed E-state index contributed by atoms with van der Waals surface area (Å²) in [5.74, 6) is -1.87. The molecule has 2 saturated carbocycles. The predicted molar refractivity (Wildman–Crippen MR) is 105 cm³/mol. The van der Waals surface area contributed by atoms with Gasteiger partial charge in [-0.25, -0.2) is 0 Å². The molecule has 7 heteroatoms. The van der Waals surface area contributed by atoms with E-state index in [2.05, 4.69) is 6.58 Å². The number of rotatable bonds is 2. The molecule has 0 radical (unpaired) electrons. The van der Waals surface area contributed by atoms with Gasteiger partial charge in [0.2, 0.25) is 0 Å². The van der Waals surface area contributed by atoms with Gasteiger partial charge in [0.05, 0.1) is 17.8 Å². The van der Waals surface area contributed by atoms with E-state index in [4.69, 9.17) is 9.47 Å². The quantitative estimate of drug-likeness (QED) is 0.467. The van der Waals surface area contributed by atoms with Gasteiger partial charge < -0.3 is 24.8 Å². The maximum absolute atomic E-state index is 13.6. The van der Waals surface area contributed by atoms with Crippen LogP contribution in [0.2, 0.25) is 0 Å². The Bertz CT molecular complexity index is 747. The largest absolute Gasteiger partial charge is 0.457 e. The van der Waals surface area contributed by atoms with Gasteiger partial charge in [-0.05, 0) is 32.1 Å². The molecule has 0 amide bonds. The van der Waals surface area contributed by atoms with Gasteiger partial charge in [-0.1, -0.05) is 26.8 Å². The van der Waals surface area contributed by atoms with E-state index in [0.717, 1.165) is 0 Å². The second kappa shape index (κ2) is 6.36. The number of aliphatic hydroxyl groups excluding tert-OH is 2. The first-order valence-corrected chi connectivity index (χ1v) is 10.2. The molecule has 1 saturated heterocycles. The van der Waals surface area contributed by atoms with Crippen molar-refractivity contribution in [2.45, 2.75) is 95.9 Å². The highest BCUT2D eigenvalue weighted by Gasteiger charge is 2.81. The summed E-state index contributed by atoms with van der Waals surface area (Å²) >= 11 is 0.